The van der Waals surface area contributed by atoms with E-state index in [1.165, 1.54) is 16.5 Å². The third-order valence-corrected chi connectivity index (χ3v) is 4.98. The molecular weight excluding hydrogens is 332 g/mol. The van der Waals surface area contributed by atoms with Crippen LogP contribution in [-0.4, -0.2) is 17.4 Å². The smallest absolute Gasteiger partial charge is 0.251 e. The highest BCUT2D eigenvalue weighted by molar-refractivity contribution is 5.94. The van der Waals surface area contributed by atoms with E-state index in [0.29, 0.717) is 12.1 Å². The summed E-state index contributed by atoms with van der Waals surface area (Å²) in [5.41, 5.74) is 5.32. The minimum absolute atomic E-state index is 0.0456. The van der Waals surface area contributed by atoms with Crippen molar-refractivity contribution in [3.63, 3.8) is 0 Å². The van der Waals surface area contributed by atoms with Gasteiger partial charge < -0.3 is 10.3 Å². The maximum absolute atomic E-state index is 12.6. The number of hydrogen-bond acceptors (Lipinski definition) is 1. The maximum Gasteiger partial charge on any atom is 0.251 e. The molecule has 3 nitrogen and oxygen atoms in total. The number of H-pyrrole nitrogens is 1. The Hall–Kier alpha value is -3.33. The molecule has 3 aromatic carbocycles. The molecule has 27 heavy (non-hydrogen) atoms. The summed E-state index contributed by atoms with van der Waals surface area (Å²) in [4.78, 5) is 16.0. The summed E-state index contributed by atoms with van der Waals surface area (Å²) in [7, 11) is 0. The Bertz CT molecular complexity index is 1050. The lowest BCUT2D eigenvalue weighted by Gasteiger charge is -2.18. The molecule has 134 valence electrons. The molecule has 1 amide bonds. The number of rotatable bonds is 5. The Labute approximate surface area is 159 Å². The zero-order valence-corrected chi connectivity index (χ0v) is 15.3. The third kappa shape index (κ3) is 3.63. The number of aryl methyl sites for hydroxylation is 1. The van der Waals surface area contributed by atoms with Crippen molar-refractivity contribution in [1.82, 2.24) is 10.3 Å². The molecule has 3 heteroatoms. The molecule has 0 fully saturated rings. The zero-order chi connectivity index (χ0) is 18.6. The number of hydrogen-bond donors (Lipinski definition) is 2. The van der Waals surface area contributed by atoms with Crippen molar-refractivity contribution in [3.8, 4) is 0 Å². The number of aromatic nitrogens is 1. The van der Waals surface area contributed by atoms with Gasteiger partial charge in [0.25, 0.3) is 5.91 Å². The monoisotopic (exact) mass is 354 g/mol. The Morgan fingerprint density at radius 3 is 2.41 bits per heavy atom. The summed E-state index contributed by atoms with van der Waals surface area (Å²) in [6, 6.07) is 26.3. The first-order chi connectivity index (χ1) is 13.2. The Morgan fingerprint density at radius 2 is 1.63 bits per heavy atom. The summed E-state index contributed by atoms with van der Waals surface area (Å²) in [5.74, 6) is 0.0347. The maximum atomic E-state index is 12.6. The quantitative estimate of drug-likeness (QED) is 0.518. The van der Waals surface area contributed by atoms with E-state index in [-0.39, 0.29) is 11.8 Å². The first kappa shape index (κ1) is 17.1. The van der Waals surface area contributed by atoms with Crippen LogP contribution in [0.3, 0.4) is 0 Å². The Kier molecular flexibility index (Phi) is 4.75. The van der Waals surface area contributed by atoms with Crippen molar-refractivity contribution in [2.24, 2.45) is 0 Å². The van der Waals surface area contributed by atoms with Crippen LogP contribution < -0.4 is 5.32 Å². The van der Waals surface area contributed by atoms with Gasteiger partial charge in [-0.15, -0.1) is 0 Å². The average Bonchev–Trinajstić information content (AvgIpc) is 3.13. The average molecular weight is 354 g/mol. The molecule has 0 saturated carbocycles. The van der Waals surface area contributed by atoms with E-state index in [0.717, 1.165) is 11.1 Å². The highest BCUT2D eigenvalue weighted by Crippen LogP contribution is 2.30. The van der Waals surface area contributed by atoms with Crippen LogP contribution in [0.4, 0.5) is 0 Å². The van der Waals surface area contributed by atoms with E-state index in [2.05, 4.69) is 40.8 Å². The second-order valence-corrected chi connectivity index (χ2v) is 6.83. The van der Waals surface area contributed by atoms with Gasteiger partial charge in [0, 0.05) is 35.1 Å². The van der Waals surface area contributed by atoms with Gasteiger partial charge in [-0.05, 0) is 36.2 Å². The van der Waals surface area contributed by atoms with E-state index in [4.69, 9.17) is 0 Å². The first-order valence-electron chi connectivity index (χ1n) is 9.18. The van der Waals surface area contributed by atoms with Crippen LogP contribution in [0.2, 0.25) is 0 Å². The van der Waals surface area contributed by atoms with Crippen molar-refractivity contribution in [2.45, 2.75) is 12.8 Å². The van der Waals surface area contributed by atoms with Crippen LogP contribution >= 0.6 is 0 Å². The molecule has 1 unspecified atom stereocenters. The Balaban J connectivity index is 1.63. The SMILES string of the molecule is Cc1ccc(C(=O)NCC(c2ccccc2)c2c[nH]c3ccccc23)cc1. The van der Waals surface area contributed by atoms with Crippen molar-refractivity contribution < 1.29 is 4.79 Å². The van der Waals surface area contributed by atoms with Crippen molar-refractivity contribution in [1.29, 1.82) is 0 Å². The number of carbonyl (C=O) groups is 1. The number of nitrogens with one attached hydrogen (secondary N) is 2. The molecule has 0 aliphatic rings. The summed E-state index contributed by atoms with van der Waals surface area (Å²) < 4.78 is 0. The molecule has 0 aliphatic carbocycles. The molecule has 4 rings (SSSR count). The largest absolute Gasteiger partial charge is 0.361 e. The minimum atomic E-state index is -0.0456. The molecule has 0 radical (unpaired) electrons. The van der Waals surface area contributed by atoms with Crippen LogP contribution in [0, 0.1) is 6.92 Å². The van der Waals surface area contributed by atoms with Crippen LogP contribution in [0.25, 0.3) is 10.9 Å². The van der Waals surface area contributed by atoms with Gasteiger partial charge in [0.15, 0.2) is 0 Å². The molecule has 4 aromatic rings. The summed E-state index contributed by atoms with van der Waals surface area (Å²) in [6.45, 7) is 2.56. The van der Waals surface area contributed by atoms with Crippen molar-refractivity contribution in [2.75, 3.05) is 6.54 Å². The highest BCUT2D eigenvalue weighted by atomic mass is 16.1. The topological polar surface area (TPSA) is 44.9 Å². The van der Waals surface area contributed by atoms with Gasteiger partial charge in [-0.3, -0.25) is 4.79 Å². The fraction of sp³-hybridized carbons (Fsp3) is 0.125. The fourth-order valence-corrected chi connectivity index (χ4v) is 3.48. The van der Waals surface area contributed by atoms with Crippen molar-refractivity contribution >= 4 is 16.8 Å². The lowest BCUT2D eigenvalue weighted by atomic mass is 9.91. The predicted octanol–water partition coefficient (Wildman–Crippen LogP) is 5.04. The van der Waals surface area contributed by atoms with Gasteiger partial charge in [0.1, 0.15) is 0 Å². The van der Waals surface area contributed by atoms with E-state index < -0.39 is 0 Å². The van der Waals surface area contributed by atoms with Crippen molar-refractivity contribution in [3.05, 3.63) is 107 Å². The molecule has 2 N–H and O–H groups in total. The Morgan fingerprint density at radius 1 is 0.926 bits per heavy atom. The van der Waals surface area contributed by atoms with E-state index in [9.17, 15) is 4.79 Å². The molecule has 0 saturated heterocycles. The molecule has 1 aromatic heterocycles. The van der Waals surface area contributed by atoms with E-state index in [1.54, 1.807) is 0 Å². The van der Waals surface area contributed by atoms with Gasteiger partial charge in [-0.25, -0.2) is 0 Å². The normalized spacial score (nSPS) is 12.0. The van der Waals surface area contributed by atoms with Gasteiger partial charge in [-0.2, -0.15) is 0 Å². The highest BCUT2D eigenvalue weighted by Gasteiger charge is 2.19. The number of carbonyl (C=O) groups excluding carboxylic acids is 1. The van der Waals surface area contributed by atoms with E-state index in [1.807, 2.05) is 61.5 Å². The van der Waals surface area contributed by atoms with Gasteiger partial charge in [0.2, 0.25) is 0 Å². The standard InChI is InChI=1S/C24H22N2O/c1-17-11-13-19(14-12-17)24(27)26-15-21(18-7-3-2-4-8-18)22-16-25-23-10-6-5-9-20(22)23/h2-14,16,21,25H,15H2,1H3,(H,26,27). The van der Waals surface area contributed by atoms with Crippen LogP contribution in [0.15, 0.2) is 85.1 Å². The predicted molar refractivity (Wildman–Crippen MR) is 110 cm³/mol. The number of amides is 1. The fourth-order valence-electron chi connectivity index (χ4n) is 3.48. The molecule has 1 atom stereocenters. The summed E-state index contributed by atoms with van der Waals surface area (Å²) in [5, 5.41) is 4.31. The second-order valence-electron chi connectivity index (χ2n) is 6.83. The lowest BCUT2D eigenvalue weighted by molar-refractivity contribution is 0.0952. The lowest BCUT2D eigenvalue weighted by Crippen LogP contribution is -2.28. The van der Waals surface area contributed by atoms with Gasteiger partial charge in [0.05, 0.1) is 0 Å². The molecule has 1 heterocycles. The molecule has 0 spiro atoms. The first-order valence-corrected chi connectivity index (χ1v) is 9.18. The van der Waals surface area contributed by atoms with Crippen LogP contribution in [0.1, 0.15) is 33.0 Å². The summed E-state index contributed by atoms with van der Waals surface area (Å²) >= 11 is 0. The zero-order valence-electron chi connectivity index (χ0n) is 15.3. The van der Waals surface area contributed by atoms with Gasteiger partial charge in [-0.1, -0.05) is 66.2 Å². The number of benzene rings is 3. The molecule has 0 bridgehead atoms. The summed E-state index contributed by atoms with van der Waals surface area (Å²) in [6.07, 6.45) is 2.06. The number of para-hydroxylation sites is 1. The molecular formula is C24H22N2O. The van der Waals surface area contributed by atoms with Crippen LogP contribution in [0.5, 0.6) is 0 Å². The number of aromatic amines is 1. The molecule has 0 aliphatic heterocycles. The number of fused-ring (bicyclic) bond motifs is 1. The minimum Gasteiger partial charge on any atom is -0.361 e. The van der Waals surface area contributed by atoms with Crippen LogP contribution in [-0.2, 0) is 0 Å². The van der Waals surface area contributed by atoms with E-state index >= 15 is 0 Å². The van der Waals surface area contributed by atoms with Gasteiger partial charge >= 0.3 is 0 Å². The second kappa shape index (κ2) is 7.50. The third-order valence-electron chi connectivity index (χ3n) is 4.98.